The van der Waals surface area contributed by atoms with Gasteiger partial charge in [0.25, 0.3) is 0 Å². The summed E-state index contributed by atoms with van der Waals surface area (Å²) in [5.74, 6) is 0.533. The molecule has 0 bridgehead atoms. The molecule has 0 fully saturated rings. The third-order valence-electron chi connectivity index (χ3n) is 4.54. The van der Waals surface area contributed by atoms with Gasteiger partial charge < -0.3 is 16.0 Å². The van der Waals surface area contributed by atoms with Crippen LogP contribution in [0.5, 0.6) is 0 Å². The smallest absolute Gasteiger partial charge is 0.188 e. The van der Waals surface area contributed by atoms with E-state index in [0.717, 1.165) is 25.9 Å². The highest BCUT2D eigenvalue weighted by atomic mass is 15.2. The standard InChI is InChI=1S/C20H26N4/c1-16(24-14-12-18-9-5-6-10-19(18)24)15-23-20(21)22-13-11-17-7-3-2-4-8-17/h2-10,16H,11-15H2,1H3,(H3,21,22,23). The molecule has 4 heteroatoms. The SMILES string of the molecule is CC(CN=C(N)NCCc1ccccc1)N1CCc2ccccc21. The number of hydrogen-bond acceptors (Lipinski definition) is 2. The van der Waals surface area contributed by atoms with E-state index in [0.29, 0.717) is 18.5 Å². The predicted octanol–water partition coefficient (Wildman–Crippen LogP) is 2.58. The summed E-state index contributed by atoms with van der Waals surface area (Å²) in [7, 11) is 0. The Morgan fingerprint density at radius 1 is 1.17 bits per heavy atom. The first-order valence-corrected chi connectivity index (χ1v) is 8.66. The molecular formula is C20H26N4. The summed E-state index contributed by atoms with van der Waals surface area (Å²) < 4.78 is 0. The molecule has 3 rings (SSSR count). The number of para-hydroxylation sites is 1. The van der Waals surface area contributed by atoms with Crippen molar-refractivity contribution in [1.29, 1.82) is 0 Å². The molecule has 0 saturated carbocycles. The quantitative estimate of drug-likeness (QED) is 0.635. The zero-order valence-electron chi connectivity index (χ0n) is 14.3. The minimum absolute atomic E-state index is 0.350. The van der Waals surface area contributed by atoms with Crippen molar-refractivity contribution in [2.24, 2.45) is 10.7 Å². The Kier molecular flexibility index (Phi) is 5.36. The molecule has 0 amide bonds. The van der Waals surface area contributed by atoms with E-state index in [1.807, 2.05) is 6.07 Å². The number of fused-ring (bicyclic) bond motifs is 1. The number of guanidine groups is 1. The van der Waals surface area contributed by atoms with Crippen LogP contribution in [-0.2, 0) is 12.8 Å². The second kappa shape index (κ2) is 7.86. The molecular weight excluding hydrogens is 296 g/mol. The van der Waals surface area contributed by atoms with Crippen molar-refractivity contribution < 1.29 is 0 Å². The van der Waals surface area contributed by atoms with Gasteiger partial charge in [-0.15, -0.1) is 0 Å². The molecule has 1 aliphatic rings. The number of nitrogens with one attached hydrogen (secondary N) is 1. The third-order valence-corrected chi connectivity index (χ3v) is 4.54. The maximum atomic E-state index is 6.00. The van der Waals surface area contributed by atoms with Crippen LogP contribution in [0.15, 0.2) is 59.6 Å². The summed E-state index contributed by atoms with van der Waals surface area (Å²) >= 11 is 0. The Balaban J connectivity index is 1.46. The van der Waals surface area contributed by atoms with Gasteiger partial charge in [0.1, 0.15) is 0 Å². The van der Waals surface area contributed by atoms with Gasteiger partial charge in [-0.1, -0.05) is 48.5 Å². The number of rotatable bonds is 6. The second-order valence-electron chi connectivity index (χ2n) is 6.31. The van der Waals surface area contributed by atoms with Crippen LogP contribution in [0.3, 0.4) is 0 Å². The molecule has 1 unspecified atom stereocenters. The van der Waals surface area contributed by atoms with Gasteiger partial charge in [0.15, 0.2) is 5.96 Å². The molecule has 0 aromatic heterocycles. The van der Waals surface area contributed by atoms with E-state index >= 15 is 0 Å². The summed E-state index contributed by atoms with van der Waals surface area (Å²) in [6.45, 7) is 4.79. The van der Waals surface area contributed by atoms with E-state index in [1.54, 1.807) is 0 Å². The fraction of sp³-hybridized carbons (Fsp3) is 0.350. The van der Waals surface area contributed by atoms with Crippen LogP contribution >= 0.6 is 0 Å². The minimum atomic E-state index is 0.350. The van der Waals surface area contributed by atoms with Gasteiger partial charge in [-0.25, -0.2) is 0 Å². The third kappa shape index (κ3) is 4.07. The van der Waals surface area contributed by atoms with E-state index in [-0.39, 0.29) is 0 Å². The maximum absolute atomic E-state index is 6.00. The van der Waals surface area contributed by atoms with E-state index in [9.17, 15) is 0 Å². The van der Waals surface area contributed by atoms with Crippen LogP contribution in [0.2, 0.25) is 0 Å². The fourth-order valence-corrected chi connectivity index (χ4v) is 3.19. The van der Waals surface area contributed by atoms with E-state index < -0.39 is 0 Å². The summed E-state index contributed by atoms with van der Waals surface area (Å²) in [5, 5.41) is 3.21. The zero-order chi connectivity index (χ0) is 16.8. The highest BCUT2D eigenvalue weighted by Crippen LogP contribution is 2.29. The van der Waals surface area contributed by atoms with E-state index in [1.165, 1.54) is 16.8 Å². The Morgan fingerprint density at radius 2 is 1.92 bits per heavy atom. The summed E-state index contributed by atoms with van der Waals surface area (Å²) in [5.41, 5.74) is 10.1. The Hall–Kier alpha value is -2.49. The number of hydrogen-bond donors (Lipinski definition) is 2. The van der Waals surface area contributed by atoms with Crippen LogP contribution in [0.25, 0.3) is 0 Å². The molecule has 4 nitrogen and oxygen atoms in total. The van der Waals surface area contributed by atoms with Gasteiger partial charge in [-0.05, 0) is 37.0 Å². The molecule has 3 N–H and O–H groups in total. The summed E-state index contributed by atoms with van der Waals surface area (Å²) in [4.78, 5) is 6.94. The fourth-order valence-electron chi connectivity index (χ4n) is 3.19. The first-order valence-electron chi connectivity index (χ1n) is 8.66. The topological polar surface area (TPSA) is 53.6 Å². The zero-order valence-corrected chi connectivity index (χ0v) is 14.3. The number of nitrogens with two attached hydrogens (primary N) is 1. The van der Waals surface area contributed by atoms with Crippen LogP contribution in [0, 0.1) is 0 Å². The Bertz CT molecular complexity index is 681. The maximum Gasteiger partial charge on any atom is 0.188 e. The molecule has 2 aromatic carbocycles. The molecule has 126 valence electrons. The van der Waals surface area contributed by atoms with Crippen molar-refractivity contribution in [2.75, 3.05) is 24.5 Å². The Morgan fingerprint density at radius 3 is 2.75 bits per heavy atom. The first-order chi connectivity index (χ1) is 11.7. The van der Waals surface area contributed by atoms with Crippen LogP contribution in [0.4, 0.5) is 5.69 Å². The van der Waals surface area contributed by atoms with Gasteiger partial charge in [0, 0.05) is 24.8 Å². The largest absolute Gasteiger partial charge is 0.370 e. The van der Waals surface area contributed by atoms with Crippen molar-refractivity contribution >= 4 is 11.6 Å². The second-order valence-corrected chi connectivity index (χ2v) is 6.31. The lowest BCUT2D eigenvalue weighted by atomic mass is 10.1. The van der Waals surface area contributed by atoms with Gasteiger partial charge in [0.2, 0.25) is 0 Å². The van der Waals surface area contributed by atoms with Gasteiger partial charge in [0.05, 0.1) is 6.54 Å². The molecule has 2 aromatic rings. The number of anilines is 1. The lowest BCUT2D eigenvalue weighted by molar-refractivity contribution is 0.661. The van der Waals surface area contributed by atoms with Crippen molar-refractivity contribution in [3.63, 3.8) is 0 Å². The lowest BCUT2D eigenvalue weighted by Gasteiger charge is -2.26. The van der Waals surface area contributed by atoms with E-state index in [2.05, 4.69) is 70.7 Å². The van der Waals surface area contributed by atoms with Gasteiger partial charge >= 0.3 is 0 Å². The summed E-state index contributed by atoms with van der Waals surface area (Å²) in [6, 6.07) is 19.4. The molecule has 1 aliphatic heterocycles. The van der Waals surface area contributed by atoms with Gasteiger partial charge in [-0.2, -0.15) is 0 Å². The molecule has 1 atom stereocenters. The number of aliphatic imine (C=N–C) groups is 1. The Labute approximate surface area is 144 Å². The monoisotopic (exact) mass is 322 g/mol. The highest BCUT2D eigenvalue weighted by molar-refractivity contribution is 5.77. The minimum Gasteiger partial charge on any atom is -0.370 e. The summed E-state index contributed by atoms with van der Waals surface area (Å²) in [6.07, 6.45) is 2.07. The number of nitrogens with zero attached hydrogens (tertiary/aromatic N) is 2. The normalized spacial score (nSPS) is 15.2. The highest BCUT2D eigenvalue weighted by Gasteiger charge is 2.22. The molecule has 1 heterocycles. The van der Waals surface area contributed by atoms with Crippen molar-refractivity contribution in [3.05, 3.63) is 65.7 Å². The van der Waals surface area contributed by atoms with Gasteiger partial charge in [-0.3, -0.25) is 4.99 Å². The lowest BCUT2D eigenvalue weighted by Crippen LogP contribution is -2.37. The predicted molar refractivity (Wildman–Crippen MR) is 102 cm³/mol. The van der Waals surface area contributed by atoms with Crippen molar-refractivity contribution in [3.8, 4) is 0 Å². The van der Waals surface area contributed by atoms with Crippen molar-refractivity contribution in [2.45, 2.75) is 25.8 Å². The molecule has 0 radical (unpaired) electrons. The van der Waals surface area contributed by atoms with Crippen LogP contribution < -0.4 is 16.0 Å². The molecule has 24 heavy (non-hydrogen) atoms. The van der Waals surface area contributed by atoms with Crippen LogP contribution in [-0.4, -0.2) is 31.6 Å². The van der Waals surface area contributed by atoms with Crippen LogP contribution in [0.1, 0.15) is 18.1 Å². The van der Waals surface area contributed by atoms with Crippen molar-refractivity contribution in [1.82, 2.24) is 5.32 Å². The first kappa shape index (κ1) is 16.4. The average Bonchev–Trinajstić information content (AvgIpc) is 3.05. The number of benzene rings is 2. The molecule has 0 spiro atoms. The average molecular weight is 322 g/mol. The molecule has 0 saturated heterocycles. The molecule has 0 aliphatic carbocycles. The van der Waals surface area contributed by atoms with E-state index in [4.69, 9.17) is 5.73 Å².